The Morgan fingerprint density at radius 3 is 2.58 bits per heavy atom. The molecule has 0 saturated carbocycles. The van der Waals surface area contributed by atoms with E-state index in [9.17, 15) is 4.79 Å². The number of carbonyl (C=O) groups excluding carboxylic acids is 1. The number of nitrogens with zero attached hydrogens (tertiary/aromatic N) is 4. The first-order valence-corrected chi connectivity index (χ1v) is 7.62. The molecule has 1 fully saturated rings. The molecule has 0 unspecified atom stereocenters. The van der Waals surface area contributed by atoms with E-state index in [-0.39, 0.29) is 5.91 Å². The average Bonchev–Trinajstić information content (AvgIpc) is 2.42. The van der Waals surface area contributed by atoms with Gasteiger partial charge in [-0.3, -0.25) is 9.69 Å². The van der Waals surface area contributed by atoms with Crippen molar-refractivity contribution in [3.63, 3.8) is 0 Å². The quantitative estimate of drug-likeness (QED) is 0.784. The van der Waals surface area contributed by atoms with Gasteiger partial charge in [0.2, 0.25) is 0 Å². The first-order valence-electron chi connectivity index (χ1n) is 6.50. The van der Waals surface area contributed by atoms with Gasteiger partial charge in [-0.15, -0.1) is 0 Å². The fraction of sp³-hybridized carbons (Fsp3) is 0.615. The van der Waals surface area contributed by atoms with Crippen LogP contribution in [-0.2, 0) is 0 Å². The van der Waals surface area contributed by atoms with Gasteiger partial charge in [-0.2, -0.15) is 10.2 Å². The van der Waals surface area contributed by atoms with Gasteiger partial charge in [0.1, 0.15) is 0 Å². The van der Waals surface area contributed by atoms with E-state index in [0.29, 0.717) is 11.3 Å². The lowest BCUT2D eigenvalue weighted by Gasteiger charge is -2.34. The fourth-order valence-corrected chi connectivity index (χ4v) is 2.73. The summed E-state index contributed by atoms with van der Waals surface area (Å²) in [5.41, 5.74) is 2.17. The number of piperazine rings is 1. The molecule has 2 rings (SSSR count). The zero-order chi connectivity index (χ0) is 13.8. The van der Waals surface area contributed by atoms with Crippen LogP contribution in [0.2, 0.25) is 0 Å². The molecule has 104 valence electrons. The van der Waals surface area contributed by atoms with Gasteiger partial charge in [0.05, 0.1) is 17.0 Å². The largest absolute Gasteiger partial charge is 0.336 e. The number of aryl methyl sites for hydroxylation is 2. The molecule has 6 heteroatoms. The van der Waals surface area contributed by atoms with Crippen LogP contribution < -0.4 is 0 Å². The molecule has 0 N–H and O–H groups in total. The molecule has 1 aromatic rings. The van der Waals surface area contributed by atoms with E-state index in [0.717, 1.165) is 43.7 Å². The SMILES string of the molecule is Cc1cc(C(=O)N2CCN(CCBr)CC2)c(C)nn1. The summed E-state index contributed by atoms with van der Waals surface area (Å²) in [7, 11) is 0. The third kappa shape index (κ3) is 3.51. The molecule has 1 saturated heterocycles. The minimum Gasteiger partial charge on any atom is -0.336 e. The molecule has 5 nitrogen and oxygen atoms in total. The molecule has 0 aliphatic carbocycles. The predicted molar refractivity (Wildman–Crippen MR) is 77.6 cm³/mol. The number of carbonyl (C=O) groups is 1. The van der Waals surface area contributed by atoms with Gasteiger partial charge in [0, 0.05) is 38.1 Å². The van der Waals surface area contributed by atoms with Crippen molar-refractivity contribution in [1.82, 2.24) is 20.0 Å². The average molecular weight is 327 g/mol. The van der Waals surface area contributed by atoms with Crippen LogP contribution in [0.5, 0.6) is 0 Å². The van der Waals surface area contributed by atoms with Gasteiger partial charge < -0.3 is 4.90 Å². The summed E-state index contributed by atoms with van der Waals surface area (Å²) in [6, 6.07) is 1.83. The Labute approximate surface area is 122 Å². The maximum atomic E-state index is 12.5. The van der Waals surface area contributed by atoms with Crippen LogP contribution in [0.1, 0.15) is 21.7 Å². The van der Waals surface area contributed by atoms with Crippen molar-refractivity contribution < 1.29 is 4.79 Å². The second kappa shape index (κ2) is 6.43. The van der Waals surface area contributed by atoms with E-state index >= 15 is 0 Å². The molecule has 0 aromatic carbocycles. The first-order chi connectivity index (χ1) is 9.11. The smallest absolute Gasteiger partial charge is 0.255 e. The number of hydrogen-bond acceptors (Lipinski definition) is 4. The normalized spacial score (nSPS) is 16.7. The lowest BCUT2D eigenvalue weighted by molar-refractivity contribution is 0.0643. The van der Waals surface area contributed by atoms with Gasteiger partial charge in [-0.1, -0.05) is 15.9 Å². The van der Waals surface area contributed by atoms with E-state index in [2.05, 4.69) is 31.0 Å². The van der Waals surface area contributed by atoms with Crippen molar-refractivity contribution in [2.24, 2.45) is 0 Å². The molecular formula is C13H19BrN4O. The van der Waals surface area contributed by atoms with Crippen molar-refractivity contribution in [2.75, 3.05) is 38.1 Å². The van der Waals surface area contributed by atoms with Crippen molar-refractivity contribution in [2.45, 2.75) is 13.8 Å². The van der Waals surface area contributed by atoms with Crippen LogP contribution in [-0.4, -0.2) is 64.0 Å². The van der Waals surface area contributed by atoms with Gasteiger partial charge in [0.15, 0.2) is 0 Å². The molecule has 0 spiro atoms. The summed E-state index contributed by atoms with van der Waals surface area (Å²) in [6.07, 6.45) is 0. The monoisotopic (exact) mass is 326 g/mol. The number of halogens is 1. The third-order valence-electron chi connectivity index (χ3n) is 3.39. The Morgan fingerprint density at radius 1 is 1.26 bits per heavy atom. The molecule has 19 heavy (non-hydrogen) atoms. The predicted octanol–water partition coefficient (Wildman–Crippen LogP) is 1.25. The Morgan fingerprint density at radius 2 is 1.95 bits per heavy atom. The van der Waals surface area contributed by atoms with Gasteiger partial charge in [0.25, 0.3) is 5.91 Å². The lowest BCUT2D eigenvalue weighted by atomic mass is 10.1. The summed E-state index contributed by atoms with van der Waals surface area (Å²) >= 11 is 3.45. The highest BCUT2D eigenvalue weighted by atomic mass is 79.9. The summed E-state index contributed by atoms with van der Waals surface area (Å²) in [6.45, 7) is 8.18. The third-order valence-corrected chi connectivity index (χ3v) is 3.75. The Bertz CT molecular complexity index is 458. The van der Waals surface area contributed by atoms with Crippen molar-refractivity contribution in [3.05, 3.63) is 23.0 Å². The zero-order valence-corrected chi connectivity index (χ0v) is 13.0. The lowest BCUT2D eigenvalue weighted by Crippen LogP contribution is -2.49. The van der Waals surface area contributed by atoms with Gasteiger partial charge in [-0.05, 0) is 19.9 Å². The highest BCUT2D eigenvalue weighted by Crippen LogP contribution is 2.12. The van der Waals surface area contributed by atoms with Crippen LogP contribution in [0.3, 0.4) is 0 Å². The summed E-state index contributed by atoms with van der Waals surface area (Å²) < 4.78 is 0. The van der Waals surface area contributed by atoms with Crippen molar-refractivity contribution in [3.8, 4) is 0 Å². The molecule has 2 heterocycles. The van der Waals surface area contributed by atoms with Crippen LogP contribution >= 0.6 is 15.9 Å². The molecular weight excluding hydrogens is 308 g/mol. The van der Waals surface area contributed by atoms with Gasteiger partial charge in [-0.25, -0.2) is 0 Å². The Kier molecular flexibility index (Phi) is 4.87. The van der Waals surface area contributed by atoms with Gasteiger partial charge >= 0.3 is 0 Å². The van der Waals surface area contributed by atoms with Crippen molar-refractivity contribution >= 4 is 21.8 Å². The Hall–Kier alpha value is -1.01. The van der Waals surface area contributed by atoms with Crippen LogP contribution in [0.15, 0.2) is 6.07 Å². The first kappa shape index (κ1) is 14.4. The molecule has 0 bridgehead atoms. The van der Waals surface area contributed by atoms with Crippen LogP contribution in [0.25, 0.3) is 0 Å². The second-order valence-electron chi connectivity index (χ2n) is 4.81. The molecule has 0 radical (unpaired) electrons. The zero-order valence-electron chi connectivity index (χ0n) is 11.4. The number of aromatic nitrogens is 2. The number of alkyl halides is 1. The topological polar surface area (TPSA) is 49.3 Å². The molecule has 0 atom stereocenters. The van der Waals surface area contributed by atoms with E-state index in [1.54, 1.807) is 0 Å². The standard InChI is InChI=1S/C13H19BrN4O/c1-10-9-12(11(2)16-15-10)13(19)18-7-5-17(4-3-14)6-8-18/h9H,3-8H2,1-2H3. The van der Waals surface area contributed by atoms with E-state index in [1.807, 2.05) is 24.8 Å². The highest BCUT2D eigenvalue weighted by molar-refractivity contribution is 9.09. The maximum absolute atomic E-state index is 12.5. The Balaban J connectivity index is 2.03. The molecule has 1 amide bonds. The number of rotatable bonds is 3. The summed E-state index contributed by atoms with van der Waals surface area (Å²) in [5.74, 6) is 0.0778. The fourth-order valence-electron chi connectivity index (χ4n) is 2.23. The van der Waals surface area contributed by atoms with E-state index < -0.39 is 0 Å². The van der Waals surface area contributed by atoms with E-state index in [4.69, 9.17) is 0 Å². The minimum atomic E-state index is 0.0778. The van der Waals surface area contributed by atoms with E-state index in [1.165, 1.54) is 0 Å². The number of amides is 1. The highest BCUT2D eigenvalue weighted by Gasteiger charge is 2.23. The molecule has 1 aliphatic rings. The number of hydrogen-bond donors (Lipinski definition) is 0. The molecule has 1 aromatic heterocycles. The van der Waals surface area contributed by atoms with Crippen molar-refractivity contribution in [1.29, 1.82) is 0 Å². The maximum Gasteiger partial charge on any atom is 0.255 e. The minimum absolute atomic E-state index is 0.0778. The summed E-state index contributed by atoms with van der Waals surface area (Å²) in [4.78, 5) is 16.7. The van der Waals surface area contributed by atoms with Crippen LogP contribution in [0, 0.1) is 13.8 Å². The van der Waals surface area contributed by atoms with Crippen LogP contribution in [0.4, 0.5) is 0 Å². The molecule has 1 aliphatic heterocycles. The second-order valence-corrected chi connectivity index (χ2v) is 5.60. The summed E-state index contributed by atoms with van der Waals surface area (Å²) in [5, 5.41) is 8.97.